The molecule has 7 nitrogen and oxygen atoms in total. The van der Waals surface area contributed by atoms with Crippen molar-refractivity contribution in [3.05, 3.63) is 59.7 Å². The lowest BCUT2D eigenvalue weighted by Gasteiger charge is -2.28. The number of benzene rings is 2. The molecule has 7 heteroatoms. The first-order valence-electron chi connectivity index (χ1n) is 12.6. The molecule has 2 aromatic rings. The van der Waals surface area contributed by atoms with Gasteiger partial charge in [0.1, 0.15) is 12.6 Å². The van der Waals surface area contributed by atoms with Crippen molar-refractivity contribution < 1.29 is 24.2 Å². The largest absolute Gasteiger partial charge is 0.480 e. The van der Waals surface area contributed by atoms with Crippen molar-refractivity contribution in [2.75, 3.05) is 6.61 Å². The molecular formula is C28H34N2O5. The van der Waals surface area contributed by atoms with Crippen LogP contribution < -0.4 is 10.6 Å². The minimum atomic E-state index is -0.977. The standard InChI is InChI=1S/C28H34N2O5/c1-18(15-16-25(31)30-26(27(32)33)19-9-3-2-4-10-19)29-28(34)35-17-24-22-13-7-5-11-20(22)21-12-6-8-14-23(21)24/h5-8,11-14,18-19,24,26H,2-4,9-10,15-17H2,1H3,(H,29,34)(H,30,31)(H,32,33). The molecule has 2 aliphatic rings. The van der Waals surface area contributed by atoms with Crippen LogP contribution in [0.15, 0.2) is 48.5 Å². The van der Waals surface area contributed by atoms with Gasteiger partial charge in [0.25, 0.3) is 0 Å². The lowest BCUT2D eigenvalue weighted by Crippen LogP contribution is -2.46. The van der Waals surface area contributed by atoms with E-state index in [9.17, 15) is 19.5 Å². The number of ether oxygens (including phenoxy) is 1. The molecule has 1 fully saturated rings. The van der Waals surface area contributed by atoms with E-state index < -0.39 is 18.1 Å². The number of carbonyl (C=O) groups excluding carboxylic acids is 2. The van der Waals surface area contributed by atoms with Crippen molar-refractivity contribution in [2.45, 2.75) is 69.9 Å². The number of rotatable bonds is 9. The van der Waals surface area contributed by atoms with Crippen LogP contribution in [0, 0.1) is 5.92 Å². The Morgan fingerprint density at radius 2 is 1.54 bits per heavy atom. The Morgan fingerprint density at radius 3 is 2.14 bits per heavy atom. The van der Waals surface area contributed by atoms with Gasteiger partial charge in [-0.2, -0.15) is 0 Å². The first-order valence-corrected chi connectivity index (χ1v) is 12.6. The minimum absolute atomic E-state index is 0.0121. The second-order valence-corrected chi connectivity index (χ2v) is 9.69. The number of aliphatic carboxylic acids is 1. The van der Waals surface area contributed by atoms with Gasteiger partial charge in [0.2, 0.25) is 5.91 Å². The van der Waals surface area contributed by atoms with E-state index in [1.165, 1.54) is 11.1 Å². The summed E-state index contributed by atoms with van der Waals surface area (Å²) in [4.78, 5) is 36.5. The molecule has 2 aromatic carbocycles. The Balaban J connectivity index is 1.23. The van der Waals surface area contributed by atoms with Gasteiger partial charge in [0, 0.05) is 18.4 Å². The molecule has 0 bridgehead atoms. The third-order valence-corrected chi connectivity index (χ3v) is 7.22. The monoisotopic (exact) mass is 478 g/mol. The Morgan fingerprint density at radius 1 is 0.943 bits per heavy atom. The van der Waals surface area contributed by atoms with Crippen LogP contribution in [-0.4, -0.2) is 41.8 Å². The van der Waals surface area contributed by atoms with Gasteiger partial charge >= 0.3 is 12.1 Å². The molecule has 2 atom stereocenters. The predicted octanol–water partition coefficient (Wildman–Crippen LogP) is 4.84. The topological polar surface area (TPSA) is 105 Å². The van der Waals surface area contributed by atoms with Crippen LogP contribution in [0.4, 0.5) is 4.79 Å². The van der Waals surface area contributed by atoms with Crippen LogP contribution in [0.3, 0.4) is 0 Å². The van der Waals surface area contributed by atoms with Crippen LogP contribution in [0.1, 0.15) is 68.9 Å². The molecule has 186 valence electrons. The molecule has 35 heavy (non-hydrogen) atoms. The summed E-state index contributed by atoms with van der Waals surface area (Å²) in [5.41, 5.74) is 4.64. The molecule has 0 spiro atoms. The first-order chi connectivity index (χ1) is 16.9. The number of hydrogen-bond donors (Lipinski definition) is 3. The number of nitrogens with one attached hydrogen (secondary N) is 2. The third kappa shape index (κ3) is 6.02. The maximum atomic E-state index is 12.4. The lowest BCUT2D eigenvalue weighted by molar-refractivity contribution is -0.143. The highest BCUT2D eigenvalue weighted by Gasteiger charge is 2.31. The molecule has 1 saturated carbocycles. The zero-order chi connectivity index (χ0) is 24.8. The SMILES string of the molecule is CC(CCC(=O)NC(C(=O)O)C1CCCCC1)NC(=O)OCC1c2ccccc2-c2ccccc21. The Labute approximate surface area is 206 Å². The molecule has 2 aliphatic carbocycles. The summed E-state index contributed by atoms with van der Waals surface area (Å²) in [6, 6.07) is 15.2. The van der Waals surface area contributed by atoms with E-state index in [0.717, 1.165) is 43.2 Å². The van der Waals surface area contributed by atoms with Crippen molar-refractivity contribution in [3.8, 4) is 11.1 Å². The fourth-order valence-electron chi connectivity index (χ4n) is 5.36. The van der Waals surface area contributed by atoms with Crippen LogP contribution >= 0.6 is 0 Å². The molecule has 0 heterocycles. The number of carbonyl (C=O) groups is 3. The lowest BCUT2D eigenvalue weighted by atomic mass is 9.84. The van der Waals surface area contributed by atoms with Crippen LogP contribution in [0.5, 0.6) is 0 Å². The highest BCUT2D eigenvalue weighted by Crippen LogP contribution is 2.44. The molecule has 2 unspecified atom stereocenters. The van der Waals surface area contributed by atoms with Crippen molar-refractivity contribution in [3.63, 3.8) is 0 Å². The van der Waals surface area contributed by atoms with Gasteiger partial charge in [-0.1, -0.05) is 67.8 Å². The van der Waals surface area contributed by atoms with Crippen molar-refractivity contribution >= 4 is 18.0 Å². The van der Waals surface area contributed by atoms with Crippen molar-refractivity contribution in [1.29, 1.82) is 0 Å². The molecule has 2 amide bonds. The zero-order valence-electron chi connectivity index (χ0n) is 20.2. The number of alkyl carbamates (subject to hydrolysis) is 1. The Bertz CT molecular complexity index is 1020. The average molecular weight is 479 g/mol. The maximum Gasteiger partial charge on any atom is 0.407 e. The van der Waals surface area contributed by atoms with Gasteiger partial charge in [-0.05, 0) is 54.4 Å². The summed E-state index contributed by atoms with van der Waals surface area (Å²) < 4.78 is 5.56. The molecule has 0 aliphatic heterocycles. The maximum absolute atomic E-state index is 12.4. The highest BCUT2D eigenvalue weighted by atomic mass is 16.5. The summed E-state index contributed by atoms with van der Waals surface area (Å²) in [6.45, 7) is 2.04. The second kappa shape index (κ2) is 11.4. The van der Waals surface area contributed by atoms with Gasteiger partial charge in [-0.3, -0.25) is 4.79 Å². The second-order valence-electron chi connectivity index (χ2n) is 9.69. The van der Waals surface area contributed by atoms with E-state index in [4.69, 9.17) is 4.74 Å². The Hall–Kier alpha value is -3.35. The summed E-state index contributed by atoms with van der Waals surface area (Å²) >= 11 is 0. The fraction of sp³-hybridized carbons (Fsp3) is 0.464. The van der Waals surface area contributed by atoms with Gasteiger partial charge < -0.3 is 20.5 Å². The molecular weight excluding hydrogens is 444 g/mol. The van der Waals surface area contributed by atoms with E-state index in [0.29, 0.717) is 6.42 Å². The minimum Gasteiger partial charge on any atom is -0.480 e. The summed E-state index contributed by atoms with van der Waals surface area (Å²) in [5, 5.41) is 15.0. The average Bonchev–Trinajstić information content (AvgIpc) is 3.19. The summed E-state index contributed by atoms with van der Waals surface area (Å²) in [5.74, 6) is -1.30. The number of fused-ring (bicyclic) bond motifs is 3. The van der Waals surface area contributed by atoms with E-state index >= 15 is 0 Å². The number of carboxylic acid groups (broad SMARTS) is 1. The molecule has 0 aromatic heterocycles. The van der Waals surface area contributed by atoms with Gasteiger partial charge in [0.15, 0.2) is 0 Å². The Kier molecular flexibility index (Phi) is 8.06. The van der Waals surface area contributed by atoms with E-state index in [-0.39, 0.29) is 36.8 Å². The predicted molar refractivity (Wildman–Crippen MR) is 133 cm³/mol. The number of amides is 2. The third-order valence-electron chi connectivity index (χ3n) is 7.22. The zero-order valence-corrected chi connectivity index (χ0v) is 20.2. The first kappa shape index (κ1) is 24.8. The summed E-state index contributed by atoms with van der Waals surface area (Å²) in [7, 11) is 0. The van der Waals surface area contributed by atoms with E-state index in [1.807, 2.05) is 31.2 Å². The molecule has 0 saturated heterocycles. The van der Waals surface area contributed by atoms with Gasteiger partial charge in [-0.15, -0.1) is 0 Å². The molecule has 0 radical (unpaired) electrons. The van der Waals surface area contributed by atoms with Crippen molar-refractivity contribution in [1.82, 2.24) is 10.6 Å². The number of carboxylic acids is 1. The summed E-state index contributed by atoms with van der Waals surface area (Å²) in [6.07, 6.45) is 4.81. The van der Waals surface area contributed by atoms with Crippen LogP contribution in [0.2, 0.25) is 0 Å². The highest BCUT2D eigenvalue weighted by molar-refractivity contribution is 5.84. The van der Waals surface area contributed by atoms with Gasteiger partial charge in [0.05, 0.1) is 0 Å². The number of hydrogen-bond acceptors (Lipinski definition) is 4. The smallest absolute Gasteiger partial charge is 0.407 e. The van der Waals surface area contributed by atoms with Crippen LogP contribution in [-0.2, 0) is 14.3 Å². The van der Waals surface area contributed by atoms with E-state index in [1.54, 1.807) is 0 Å². The van der Waals surface area contributed by atoms with Crippen LogP contribution in [0.25, 0.3) is 11.1 Å². The van der Waals surface area contributed by atoms with E-state index in [2.05, 4.69) is 34.9 Å². The normalized spacial score (nSPS) is 17.1. The fourth-order valence-corrected chi connectivity index (χ4v) is 5.36. The molecule has 4 rings (SSSR count). The quantitative estimate of drug-likeness (QED) is 0.478. The van der Waals surface area contributed by atoms with Gasteiger partial charge in [-0.25, -0.2) is 9.59 Å². The molecule has 3 N–H and O–H groups in total. The van der Waals surface area contributed by atoms with Crippen molar-refractivity contribution in [2.24, 2.45) is 5.92 Å².